The molecule has 1 heterocycles. The van der Waals surface area contributed by atoms with Crippen LogP contribution in [0.3, 0.4) is 0 Å². The van der Waals surface area contributed by atoms with Crippen molar-refractivity contribution in [3.05, 3.63) is 65.2 Å². The lowest BCUT2D eigenvalue weighted by atomic mass is 10.1. The zero-order chi connectivity index (χ0) is 21.8. The summed E-state index contributed by atoms with van der Waals surface area (Å²) in [5.74, 6) is -0.290. The maximum atomic E-state index is 13.0. The van der Waals surface area contributed by atoms with Crippen molar-refractivity contribution >= 4 is 21.8 Å². The molecule has 1 saturated heterocycles. The minimum absolute atomic E-state index is 0.0806. The number of fused-ring (bicyclic) bond motifs is 1. The van der Waals surface area contributed by atoms with Gasteiger partial charge in [0.2, 0.25) is 15.9 Å². The van der Waals surface area contributed by atoms with Gasteiger partial charge in [-0.2, -0.15) is 4.31 Å². The van der Waals surface area contributed by atoms with Crippen molar-refractivity contribution < 1.29 is 18.0 Å². The highest BCUT2D eigenvalue weighted by Crippen LogP contribution is 2.26. The normalized spacial score (nSPS) is 16.7. The van der Waals surface area contributed by atoms with Gasteiger partial charge in [-0.05, 0) is 54.7 Å². The first kappa shape index (κ1) is 21.5. The standard InChI is InChI=1S/C23H27N3O4S/c27-22(11-12-24-23(28)19-5-2-1-3-6-19)25-13-15-26(16-14-25)31(29,30)21-10-9-18-7-4-8-20(18)17-21/h1-3,5-6,9-10,17H,4,7-8,11-16H2,(H,24,28). The van der Waals surface area contributed by atoms with Gasteiger partial charge in [0.15, 0.2) is 0 Å². The van der Waals surface area contributed by atoms with Crippen LogP contribution in [0.1, 0.15) is 34.3 Å². The van der Waals surface area contributed by atoms with E-state index >= 15 is 0 Å². The van der Waals surface area contributed by atoms with Gasteiger partial charge in [0.05, 0.1) is 4.90 Å². The molecule has 2 aliphatic rings. The fraction of sp³-hybridized carbons (Fsp3) is 0.391. The maximum absolute atomic E-state index is 13.0. The summed E-state index contributed by atoms with van der Waals surface area (Å²) >= 11 is 0. The summed E-state index contributed by atoms with van der Waals surface area (Å²) in [5, 5.41) is 2.75. The molecule has 8 heteroatoms. The third-order valence-electron chi connectivity index (χ3n) is 5.96. The van der Waals surface area contributed by atoms with Gasteiger partial charge in [0.1, 0.15) is 0 Å². The Hall–Kier alpha value is -2.71. The van der Waals surface area contributed by atoms with Crippen molar-refractivity contribution in [2.45, 2.75) is 30.6 Å². The Morgan fingerprint density at radius 3 is 2.35 bits per heavy atom. The van der Waals surface area contributed by atoms with Gasteiger partial charge in [-0.15, -0.1) is 0 Å². The second kappa shape index (κ2) is 9.20. The van der Waals surface area contributed by atoms with Gasteiger partial charge >= 0.3 is 0 Å². The van der Waals surface area contributed by atoms with E-state index in [1.54, 1.807) is 35.2 Å². The van der Waals surface area contributed by atoms with Gasteiger partial charge < -0.3 is 10.2 Å². The molecular weight excluding hydrogens is 414 g/mol. The smallest absolute Gasteiger partial charge is 0.251 e. The van der Waals surface area contributed by atoms with Crippen LogP contribution in [-0.2, 0) is 27.7 Å². The predicted octanol–water partition coefficient (Wildman–Crippen LogP) is 1.83. The number of rotatable bonds is 6. The number of carbonyl (C=O) groups is 2. The van der Waals surface area contributed by atoms with E-state index < -0.39 is 10.0 Å². The average Bonchev–Trinajstić information content (AvgIpc) is 3.27. The largest absolute Gasteiger partial charge is 0.352 e. The van der Waals surface area contributed by atoms with E-state index in [-0.39, 0.29) is 37.9 Å². The van der Waals surface area contributed by atoms with Crippen molar-refractivity contribution in [3.8, 4) is 0 Å². The fourth-order valence-electron chi connectivity index (χ4n) is 4.17. The Morgan fingerprint density at radius 1 is 0.903 bits per heavy atom. The lowest BCUT2D eigenvalue weighted by Crippen LogP contribution is -2.50. The monoisotopic (exact) mass is 441 g/mol. The highest BCUT2D eigenvalue weighted by molar-refractivity contribution is 7.89. The van der Waals surface area contributed by atoms with Crippen LogP contribution in [0.25, 0.3) is 0 Å². The van der Waals surface area contributed by atoms with Crippen molar-refractivity contribution in [2.75, 3.05) is 32.7 Å². The molecule has 0 radical (unpaired) electrons. The molecule has 0 atom stereocenters. The van der Waals surface area contributed by atoms with Crippen molar-refractivity contribution in [2.24, 2.45) is 0 Å². The van der Waals surface area contributed by atoms with Gasteiger partial charge in [0, 0.05) is 44.7 Å². The van der Waals surface area contributed by atoms with E-state index in [0.29, 0.717) is 23.5 Å². The van der Waals surface area contributed by atoms with Gasteiger partial charge in [-0.25, -0.2) is 8.42 Å². The molecule has 0 bridgehead atoms. The van der Waals surface area contributed by atoms with E-state index in [2.05, 4.69) is 5.32 Å². The zero-order valence-electron chi connectivity index (χ0n) is 17.4. The molecule has 2 aromatic carbocycles. The summed E-state index contributed by atoms with van der Waals surface area (Å²) in [5.41, 5.74) is 2.93. The second-order valence-electron chi connectivity index (χ2n) is 7.94. The molecule has 164 valence electrons. The van der Waals surface area contributed by atoms with E-state index in [1.807, 2.05) is 18.2 Å². The summed E-state index contributed by atoms with van der Waals surface area (Å²) in [6, 6.07) is 14.3. The van der Waals surface area contributed by atoms with Crippen molar-refractivity contribution in [1.82, 2.24) is 14.5 Å². The van der Waals surface area contributed by atoms with E-state index in [1.165, 1.54) is 9.87 Å². The lowest BCUT2D eigenvalue weighted by molar-refractivity contribution is -0.132. The minimum atomic E-state index is -3.55. The molecule has 7 nitrogen and oxygen atoms in total. The number of carbonyl (C=O) groups excluding carboxylic acids is 2. The van der Waals surface area contributed by atoms with Crippen LogP contribution in [0, 0.1) is 0 Å². The first-order chi connectivity index (χ1) is 14.9. The quantitative estimate of drug-likeness (QED) is 0.741. The van der Waals surface area contributed by atoms with Crippen LogP contribution in [0.5, 0.6) is 0 Å². The van der Waals surface area contributed by atoms with E-state index in [0.717, 1.165) is 24.8 Å². The van der Waals surface area contributed by atoms with E-state index in [9.17, 15) is 18.0 Å². The molecule has 31 heavy (non-hydrogen) atoms. The van der Waals surface area contributed by atoms with Crippen LogP contribution >= 0.6 is 0 Å². The number of amides is 2. The van der Waals surface area contributed by atoms with E-state index in [4.69, 9.17) is 0 Å². The number of aryl methyl sites for hydroxylation is 2. The SMILES string of the molecule is O=C(NCCC(=O)N1CCN(S(=O)(=O)c2ccc3c(c2)CCC3)CC1)c1ccccc1. The molecule has 0 saturated carbocycles. The Bertz CT molecular complexity index is 1060. The zero-order valence-corrected chi connectivity index (χ0v) is 18.2. The highest BCUT2D eigenvalue weighted by atomic mass is 32.2. The van der Waals surface area contributed by atoms with Crippen molar-refractivity contribution in [1.29, 1.82) is 0 Å². The molecule has 2 aromatic rings. The molecule has 1 fully saturated rings. The number of nitrogens with zero attached hydrogens (tertiary/aromatic N) is 2. The fourth-order valence-corrected chi connectivity index (χ4v) is 5.64. The van der Waals surface area contributed by atoms with Crippen LogP contribution in [0.15, 0.2) is 53.4 Å². The minimum Gasteiger partial charge on any atom is -0.352 e. The Kier molecular flexibility index (Phi) is 6.38. The molecule has 2 amide bonds. The topological polar surface area (TPSA) is 86.8 Å². The first-order valence-electron chi connectivity index (χ1n) is 10.7. The van der Waals surface area contributed by atoms with Gasteiger partial charge in [-0.3, -0.25) is 9.59 Å². The number of sulfonamides is 1. The summed E-state index contributed by atoms with van der Waals surface area (Å²) in [6.07, 6.45) is 3.21. The Morgan fingerprint density at radius 2 is 1.61 bits per heavy atom. The molecule has 1 aliphatic carbocycles. The number of hydrogen-bond acceptors (Lipinski definition) is 4. The maximum Gasteiger partial charge on any atom is 0.251 e. The molecule has 1 N–H and O–H groups in total. The lowest BCUT2D eigenvalue weighted by Gasteiger charge is -2.34. The van der Waals surface area contributed by atoms with Crippen LogP contribution in [0.4, 0.5) is 0 Å². The third-order valence-corrected chi connectivity index (χ3v) is 7.85. The van der Waals surface area contributed by atoms with Crippen LogP contribution in [-0.4, -0.2) is 62.2 Å². The number of piperazine rings is 1. The molecule has 0 aromatic heterocycles. The number of nitrogens with one attached hydrogen (secondary N) is 1. The van der Waals surface area contributed by atoms with Crippen LogP contribution < -0.4 is 5.32 Å². The average molecular weight is 442 g/mol. The molecular formula is C23H27N3O4S. The molecule has 4 rings (SSSR count). The van der Waals surface area contributed by atoms with Gasteiger partial charge in [-0.1, -0.05) is 24.3 Å². The third kappa shape index (κ3) is 4.80. The Balaban J connectivity index is 1.27. The number of benzene rings is 2. The van der Waals surface area contributed by atoms with Crippen LogP contribution in [0.2, 0.25) is 0 Å². The number of hydrogen-bond donors (Lipinski definition) is 1. The molecule has 0 spiro atoms. The summed E-state index contributed by atoms with van der Waals surface area (Å²) in [7, 11) is -3.55. The predicted molar refractivity (Wildman–Crippen MR) is 117 cm³/mol. The molecule has 0 unspecified atom stereocenters. The summed E-state index contributed by atoms with van der Waals surface area (Å²) in [6.45, 7) is 1.52. The Labute approximate surface area is 183 Å². The van der Waals surface area contributed by atoms with Gasteiger partial charge in [0.25, 0.3) is 5.91 Å². The summed E-state index contributed by atoms with van der Waals surface area (Å²) < 4.78 is 27.5. The second-order valence-corrected chi connectivity index (χ2v) is 9.88. The summed E-state index contributed by atoms with van der Waals surface area (Å²) in [4.78, 5) is 26.5. The molecule has 1 aliphatic heterocycles. The highest BCUT2D eigenvalue weighted by Gasteiger charge is 2.30. The first-order valence-corrected chi connectivity index (χ1v) is 12.1. The van der Waals surface area contributed by atoms with Crippen molar-refractivity contribution in [3.63, 3.8) is 0 Å².